The molecule has 0 unspecified atom stereocenters. The minimum absolute atomic E-state index is 0.128. The fourth-order valence-electron chi connectivity index (χ4n) is 3.85. The number of carbonyl (C=O) groups is 1. The van der Waals surface area contributed by atoms with E-state index in [0.29, 0.717) is 17.4 Å². The molecule has 4 rings (SSSR count). The SMILES string of the molecule is CCSN1CCN(Cc2nc(NC(=O)c3cccn3Cc3ccncc3)sc2CC)CC1. The maximum Gasteiger partial charge on any atom is 0.274 e. The Hall–Kier alpha value is -2.20. The van der Waals surface area contributed by atoms with E-state index in [4.69, 9.17) is 4.98 Å². The Balaban J connectivity index is 1.40. The minimum atomic E-state index is -0.128. The van der Waals surface area contributed by atoms with Crippen molar-refractivity contribution in [2.75, 3.05) is 37.2 Å². The van der Waals surface area contributed by atoms with E-state index in [1.165, 1.54) is 4.88 Å². The van der Waals surface area contributed by atoms with Gasteiger partial charge in [0.25, 0.3) is 5.91 Å². The number of aryl methyl sites for hydroxylation is 1. The minimum Gasteiger partial charge on any atom is -0.339 e. The number of piperazine rings is 1. The van der Waals surface area contributed by atoms with Crippen LogP contribution in [0.1, 0.15) is 40.5 Å². The molecule has 1 N–H and O–H groups in total. The van der Waals surface area contributed by atoms with E-state index in [1.807, 2.05) is 47.0 Å². The molecular weight excluding hydrogens is 440 g/mol. The highest BCUT2D eigenvalue weighted by Crippen LogP contribution is 2.26. The number of hydrogen-bond acceptors (Lipinski definition) is 7. The molecule has 9 heteroatoms. The van der Waals surface area contributed by atoms with Crippen molar-refractivity contribution < 1.29 is 4.79 Å². The third kappa shape index (κ3) is 5.78. The fourth-order valence-corrected chi connectivity index (χ4v) is 5.54. The van der Waals surface area contributed by atoms with Crippen LogP contribution in [0.2, 0.25) is 0 Å². The number of pyridine rings is 1. The number of anilines is 1. The molecule has 0 saturated carbocycles. The van der Waals surface area contributed by atoms with Gasteiger partial charge in [0.1, 0.15) is 5.69 Å². The molecule has 0 atom stereocenters. The van der Waals surface area contributed by atoms with Crippen molar-refractivity contribution in [3.63, 3.8) is 0 Å². The van der Waals surface area contributed by atoms with Gasteiger partial charge in [0.05, 0.1) is 5.69 Å². The van der Waals surface area contributed by atoms with Gasteiger partial charge >= 0.3 is 0 Å². The lowest BCUT2D eigenvalue weighted by atomic mass is 10.2. The van der Waals surface area contributed by atoms with Crippen LogP contribution in [0.4, 0.5) is 5.13 Å². The first-order valence-electron chi connectivity index (χ1n) is 11.1. The highest BCUT2D eigenvalue weighted by Gasteiger charge is 2.21. The number of rotatable bonds is 9. The lowest BCUT2D eigenvalue weighted by Gasteiger charge is -2.33. The molecule has 0 bridgehead atoms. The first-order valence-corrected chi connectivity index (χ1v) is 12.9. The average Bonchev–Trinajstić information content (AvgIpc) is 3.42. The Morgan fingerprint density at radius 3 is 2.62 bits per heavy atom. The summed E-state index contributed by atoms with van der Waals surface area (Å²) in [5.74, 6) is 0.998. The predicted molar refractivity (Wildman–Crippen MR) is 132 cm³/mol. The summed E-state index contributed by atoms with van der Waals surface area (Å²) in [6.07, 6.45) is 6.39. The molecule has 0 aliphatic carbocycles. The summed E-state index contributed by atoms with van der Waals surface area (Å²) in [7, 11) is 0. The number of amides is 1. The number of aromatic nitrogens is 3. The molecule has 7 nitrogen and oxygen atoms in total. The van der Waals surface area contributed by atoms with Crippen LogP contribution in [-0.2, 0) is 19.5 Å². The average molecular weight is 471 g/mol. The molecule has 3 aromatic heterocycles. The van der Waals surface area contributed by atoms with Gasteiger partial charge in [-0.05, 0) is 36.2 Å². The zero-order valence-electron chi connectivity index (χ0n) is 18.7. The molecule has 4 heterocycles. The van der Waals surface area contributed by atoms with Crippen molar-refractivity contribution >= 4 is 34.3 Å². The van der Waals surface area contributed by atoms with Gasteiger partial charge in [0, 0.05) is 68.5 Å². The molecule has 1 fully saturated rings. The van der Waals surface area contributed by atoms with Crippen molar-refractivity contribution in [3.05, 3.63) is 64.7 Å². The summed E-state index contributed by atoms with van der Waals surface area (Å²) in [6, 6.07) is 7.67. The van der Waals surface area contributed by atoms with Crippen molar-refractivity contribution in [2.45, 2.75) is 33.4 Å². The van der Waals surface area contributed by atoms with Gasteiger partial charge < -0.3 is 4.57 Å². The lowest BCUT2D eigenvalue weighted by molar-refractivity contribution is 0.101. The summed E-state index contributed by atoms with van der Waals surface area (Å²) in [5.41, 5.74) is 2.82. The molecule has 0 aromatic carbocycles. The second-order valence-electron chi connectivity index (χ2n) is 7.70. The number of hydrogen-bond donors (Lipinski definition) is 1. The Labute approximate surface area is 198 Å². The van der Waals surface area contributed by atoms with E-state index in [0.717, 1.165) is 56.2 Å². The van der Waals surface area contributed by atoms with Crippen molar-refractivity contribution in [3.8, 4) is 0 Å². The zero-order valence-corrected chi connectivity index (χ0v) is 20.3. The smallest absolute Gasteiger partial charge is 0.274 e. The topological polar surface area (TPSA) is 66.3 Å². The van der Waals surface area contributed by atoms with Gasteiger partial charge in [-0.15, -0.1) is 11.3 Å². The molecule has 32 heavy (non-hydrogen) atoms. The van der Waals surface area contributed by atoms with E-state index in [2.05, 4.69) is 33.4 Å². The van der Waals surface area contributed by atoms with Crippen molar-refractivity contribution in [1.82, 2.24) is 23.7 Å². The third-order valence-electron chi connectivity index (χ3n) is 5.50. The van der Waals surface area contributed by atoms with Gasteiger partial charge in [-0.25, -0.2) is 9.29 Å². The van der Waals surface area contributed by atoms with Crippen molar-refractivity contribution in [1.29, 1.82) is 0 Å². The second kappa shape index (κ2) is 11.1. The Morgan fingerprint density at radius 1 is 1.12 bits per heavy atom. The lowest BCUT2D eigenvalue weighted by Crippen LogP contribution is -2.43. The molecule has 1 aliphatic heterocycles. The molecule has 3 aromatic rings. The Kier molecular flexibility index (Phi) is 7.96. The van der Waals surface area contributed by atoms with E-state index in [9.17, 15) is 4.79 Å². The summed E-state index contributed by atoms with van der Waals surface area (Å²) >= 11 is 3.51. The number of carbonyl (C=O) groups excluding carboxylic acids is 1. The van der Waals surface area contributed by atoms with Crippen LogP contribution in [-0.4, -0.2) is 61.6 Å². The molecule has 170 valence electrons. The number of thiazole rings is 1. The van der Waals surface area contributed by atoms with E-state index in [1.54, 1.807) is 23.7 Å². The van der Waals surface area contributed by atoms with Crippen LogP contribution in [0, 0.1) is 0 Å². The standard InChI is InChI=1S/C23H30N6OS2/c1-3-21-19(17-27-12-14-29(15-13-27)31-4-2)25-23(32-21)26-22(30)20-6-5-11-28(20)16-18-7-9-24-10-8-18/h5-11H,3-4,12-17H2,1-2H3,(H,25,26,30). The number of nitrogens with one attached hydrogen (secondary N) is 1. The third-order valence-corrected chi connectivity index (χ3v) is 7.65. The first-order chi connectivity index (χ1) is 15.7. The van der Waals surface area contributed by atoms with Crippen LogP contribution < -0.4 is 5.32 Å². The van der Waals surface area contributed by atoms with Crippen LogP contribution in [0.3, 0.4) is 0 Å². The van der Waals surface area contributed by atoms with E-state index < -0.39 is 0 Å². The summed E-state index contributed by atoms with van der Waals surface area (Å²) in [6.45, 7) is 10.1. The van der Waals surface area contributed by atoms with Gasteiger partial charge in [0.15, 0.2) is 5.13 Å². The normalized spacial score (nSPS) is 15.2. The zero-order chi connectivity index (χ0) is 22.3. The molecule has 1 aliphatic rings. The fraction of sp³-hybridized carbons (Fsp3) is 0.435. The van der Waals surface area contributed by atoms with Gasteiger partial charge in [-0.3, -0.25) is 20.0 Å². The van der Waals surface area contributed by atoms with E-state index in [-0.39, 0.29) is 5.91 Å². The Morgan fingerprint density at radius 2 is 1.91 bits per heavy atom. The molecule has 1 amide bonds. The monoisotopic (exact) mass is 470 g/mol. The highest BCUT2D eigenvalue weighted by atomic mass is 32.2. The maximum absolute atomic E-state index is 13.0. The van der Waals surface area contributed by atoms with Crippen LogP contribution in [0.25, 0.3) is 0 Å². The summed E-state index contributed by atoms with van der Waals surface area (Å²) in [5, 5.41) is 3.71. The summed E-state index contributed by atoms with van der Waals surface area (Å²) in [4.78, 5) is 25.6. The van der Waals surface area contributed by atoms with Crippen LogP contribution >= 0.6 is 23.3 Å². The van der Waals surface area contributed by atoms with Crippen LogP contribution in [0.15, 0.2) is 42.9 Å². The summed E-state index contributed by atoms with van der Waals surface area (Å²) < 4.78 is 4.40. The first kappa shape index (κ1) is 23.0. The quantitative estimate of drug-likeness (QED) is 0.477. The largest absolute Gasteiger partial charge is 0.339 e. The van der Waals surface area contributed by atoms with Gasteiger partial charge in [0.2, 0.25) is 0 Å². The molecule has 1 saturated heterocycles. The molecule has 0 spiro atoms. The van der Waals surface area contributed by atoms with Crippen LogP contribution in [0.5, 0.6) is 0 Å². The van der Waals surface area contributed by atoms with E-state index >= 15 is 0 Å². The van der Waals surface area contributed by atoms with Gasteiger partial charge in [-0.2, -0.15) is 0 Å². The van der Waals surface area contributed by atoms with Gasteiger partial charge in [-0.1, -0.05) is 25.8 Å². The molecule has 0 radical (unpaired) electrons. The van der Waals surface area contributed by atoms with Crippen molar-refractivity contribution in [2.24, 2.45) is 0 Å². The number of nitrogens with zero attached hydrogens (tertiary/aromatic N) is 5. The molecular formula is C23H30N6OS2. The predicted octanol–water partition coefficient (Wildman–Crippen LogP) is 3.99. The maximum atomic E-state index is 13.0. The Bertz CT molecular complexity index is 1010. The highest BCUT2D eigenvalue weighted by molar-refractivity contribution is 7.96. The second-order valence-corrected chi connectivity index (χ2v) is 10.1.